The number of rotatable bonds is 0. The molecule has 1 heterocycles. The number of nitrogens with zero attached hydrogens (tertiary/aromatic N) is 1. The van der Waals surface area contributed by atoms with Gasteiger partial charge in [-0.05, 0) is 20.1 Å². The Kier molecular flexibility index (Phi) is 2.83. The van der Waals surface area contributed by atoms with Gasteiger partial charge in [0.05, 0.1) is 0 Å². The highest BCUT2D eigenvalue weighted by molar-refractivity contribution is 8.47. The molecule has 0 saturated heterocycles. The zero-order chi connectivity index (χ0) is 8.48. The van der Waals surface area contributed by atoms with Crippen LogP contribution >= 0.6 is 23.5 Å². The summed E-state index contributed by atoms with van der Waals surface area (Å²) < 4.78 is 12.4. The van der Waals surface area contributed by atoms with Gasteiger partial charge in [-0.1, -0.05) is 11.8 Å². The largest absolute Gasteiger partial charge is 0.259 e. The number of thioether (sulfide) groups is 2. The molecule has 2 nitrogen and oxygen atoms in total. The Morgan fingerprint density at radius 1 is 1.55 bits per heavy atom. The monoisotopic (exact) mass is 207 g/mol. The van der Waals surface area contributed by atoms with Crippen molar-refractivity contribution in [3.63, 3.8) is 0 Å². The van der Waals surface area contributed by atoms with Gasteiger partial charge in [0, 0.05) is 0 Å². The average molecular weight is 207 g/mol. The van der Waals surface area contributed by atoms with E-state index in [4.69, 9.17) is 0 Å². The molecule has 0 fully saturated rings. The third-order valence-electron chi connectivity index (χ3n) is 1.30. The van der Waals surface area contributed by atoms with Gasteiger partial charge in [-0.3, -0.25) is 4.99 Å². The lowest BCUT2D eigenvalue weighted by Crippen LogP contribution is -2.22. The van der Waals surface area contributed by atoms with E-state index < -0.39 is 0 Å². The van der Waals surface area contributed by atoms with E-state index >= 15 is 0 Å². The van der Waals surface area contributed by atoms with Gasteiger partial charge in [-0.25, -0.2) is 4.21 Å². The number of hydrogen-bond donors (Lipinski definition) is 0. The molecule has 0 aliphatic carbocycles. The lowest BCUT2D eigenvalue weighted by atomic mass is 10.1. The maximum atomic E-state index is 10.6. The van der Waals surface area contributed by atoms with Crippen molar-refractivity contribution < 1.29 is 4.21 Å². The second kappa shape index (κ2) is 3.33. The predicted octanol–water partition coefficient (Wildman–Crippen LogP) is 1.57. The summed E-state index contributed by atoms with van der Waals surface area (Å²) >= 11 is 3.65. The van der Waals surface area contributed by atoms with Crippen molar-refractivity contribution in [1.29, 1.82) is 0 Å². The van der Waals surface area contributed by atoms with E-state index in [-0.39, 0.29) is 5.54 Å². The fraction of sp³-hybridized carbons (Fsp3) is 0.667. The summed E-state index contributed by atoms with van der Waals surface area (Å²) in [7, 11) is 0. The van der Waals surface area contributed by atoms with Gasteiger partial charge in [-0.15, -0.1) is 11.8 Å². The topological polar surface area (TPSA) is 29.4 Å². The molecule has 11 heavy (non-hydrogen) atoms. The molecule has 0 spiro atoms. The summed E-state index contributed by atoms with van der Waals surface area (Å²) in [6, 6.07) is 0. The van der Waals surface area contributed by atoms with Crippen molar-refractivity contribution in [2.24, 2.45) is 4.99 Å². The molecule has 0 radical (unpaired) electrons. The molecule has 1 aliphatic heterocycles. The van der Waals surface area contributed by atoms with Gasteiger partial charge in [0.2, 0.25) is 0 Å². The minimum Gasteiger partial charge on any atom is -0.259 e. The first kappa shape index (κ1) is 9.35. The van der Waals surface area contributed by atoms with E-state index in [2.05, 4.69) is 4.99 Å². The van der Waals surface area contributed by atoms with Crippen molar-refractivity contribution in [3.8, 4) is 0 Å². The smallest absolute Gasteiger partial charge is 0.130 e. The number of aliphatic imine (C=N–C) groups is 1. The molecule has 0 N–H and O–H groups in total. The van der Waals surface area contributed by atoms with Crippen LogP contribution in [-0.4, -0.2) is 24.6 Å². The Bertz CT molecular complexity index is 253. The maximum Gasteiger partial charge on any atom is 0.130 e. The van der Waals surface area contributed by atoms with E-state index in [0.29, 0.717) is 11.3 Å². The Morgan fingerprint density at radius 2 is 2.18 bits per heavy atom. The molecule has 0 amide bonds. The summed E-state index contributed by atoms with van der Waals surface area (Å²) in [5.41, 5.74) is -0.268. The van der Waals surface area contributed by atoms with Crippen molar-refractivity contribution in [3.05, 3.63) is 0 Å². The van der Waals surface area contributed by atoms with Crippen LogP contribution in [0.2, 0.25) is 0 Å². The van der Waals surface area contributed by atoms with E-state index in [0.717, 1.165) is 8.57 Å². The van der Waals surface area contributed by atoms with Gasteiger partial charge < -0.3 is 0 Å². The Labute approximate surface area is 78.3 Å². The van der Waals surface area contributed by atoms with Crippen molar-refractivity contribution in [2.45, 2.75) is 19.4 Å². The second-order valence-electron chi connectivity index (χ2n) is 2.61. The lowest BCUT2D eigenvalue weighted by molar-refractivity contribution is 0.697. The van der Waals surface area contributed by atoms with E-state index in [1.54, 1.807) is 11.8 Å². The van der Waals surface area contributed by atoms with Gasteiger partial charge in [-0.2, -0.15) is 0 Å². The first-order valence-electron chi connectivity index (χ1n) is 3.09. The molecule has 0 aromatic heterocycles. The molecule has 5 heteroatoms. The Hall–Kier alpha value is 0.260. The fourth-order valence-electron chi connectivity index (χ4n) is 0.707. The third kappa shape index (κ3) is 1.89. The van der Waals surface area contributed by atoms with E-state index in [9.17, 15) is 4.21 Å². The first-order valence-corrected chi connectivity index (χ1v) is 5.87. The van der Waals surface area contributed by atoms with Crippen LogP contribution in [0.25, 0.3) is 0 Å². The van der Waals surface area contributed by atoms with E-state index in [1.807, 2.05) is 20.1 Å². The minimum absolute atomic E-state index is 0.268. The molecular weight excluding hydrogens is 198 g/mol. The summed E-state index contributed by atoms with van der Waals surface area (Å²) in [5, 5.41) is 0. The van der Waals surface area contributed by atoms with Gasteiger partial charge in [0.15, 0.2) is 0 Å². The summed E-state index contributed by atoms with van der Waals surface area (Å²) in [4.78, 5) is 4.38. The van der Waals surface area contributed by atoms with Crippen LogP contribution in [0.5, 0.6) is 0 Å². The van der Waals surface area contributed by atoms with Crippen LogP contribution in [0, 0.1) is 0 Å². The van der Waals surface area contributed by atoms with Crippen molar-refractivity contribution >= 4 is 43.4 Å². The minimum atomic E-state index is -0.268. The molecule has 0 unspecified atom stereocenters. The third-order valence-corrected chi connectivity index (χ3v) is 4.55. The molecule has 62 valence electrons. The van der Waals surface area contributed by atoms with Crippen LogP contribution in [0.4, 0.5) is 0 Å². The fourth-order valence-corrected chi connectivity index (χ4v) is 3.12. The molecule has 0 saturated carbocycles. The van der Waals surface area contributed by atoms with Crippen LogP contribution in [0.3, 0.4) is 0 Å². The average Bonchev–Trinajstić information content (AvgIpc) is 2.24. The van der Waals surface area contributed by atoms with Crippen LogP contribution in [0.1, 0.15) is 13.8 Å². The quantitative estimate of drug-likeness (QED) is 0.565. The Morgan fingerprint density at radius 3 is 2.45 bits per heavy atom. The normalized spacial score (nSPS) is 21.7. The zero-order valence-electron chi connectivity index (χ0n) is 6.58. The van der Waals surface area contributed by atoms with Crippen LogP contribution < -0.4 is 0 Å². The standard InChI is InChI=1S/C6H9NOS3/c1-6(2)4(11-8)10-5(7-6)9-3/h1-3H3. The molecular formula is C6H9NOS3. The zero-order valence-corrected chi connectivity index (χ0v) is 9.03. The number of hydrogen-bond acceptors (Lipinski definition) is 4. The van der Waals surface area contributed by atoms with Crippen LogP contribution in [0.15, 0.2) is 4.99 Å². The summed E-state index contributed by atoms with van der Waals surface area (Å²) in [6.45, 7) is 3.92. The molecule has 0 atom stereocenters. The highest BCUT2D eigenvalue weighted by Crippen LogP contribution is 2.33. The lowest BCUT2D eigenvalue weighted by Gasteiger charge is -2.10. The highest BCUT2D eigenvalue weighted by atomic mass is 32.2. The molecule has 0 bridgehead atoms. The first-order chi connectivity index (χ1) is 5.10. The summed E-state index contributed by atoms with van der Waals surface area (Å²) in [5.74, 6) is 0. The Balaban J connectivity index is 2.95. The van der Waals surface area contributed by atoms with Gasteiger partial charge in [0.1, 0.15) is 25.4 Å². The van der Waals surface area contributed by atoms with Crippen molar-refractivity contribution in [1.82, 2.24) is 0 Å². The summed E-state index contributed by atoms with van der Waals surface area (Å²) in [6.07, 6.45) is 1.97. The predicted molar refractivity (Wildman–Crippen MR) is 55.8 cm³/mol. The molecule has 1 aliphatic rings. The van der Waals surface area contributed by atoms with Gasteiger partial charge in [0.25, 0.3) is 0 Å². The molecule has 0 aromatic rings. The van der Waals surface area contributed by atoms with Crippen molar-refractivity contribution in [2.75, 3.05) is 6.26 Å². The van der Waals surface area contributed by atoms with Gasteiger partial charge >= 0.3 is 0 Å². The maximum absolute atomic E-state index is 10.6. The second-order valence-corrected chi connectivity index (χ2v) is 5.50. The highest BCUT2D eigenvalue weighted by Gasteiger charge is 2.32. The van der Waals surface area contributed by atoms with E-state index in [1.165, 1.54) is 11.8 Å². The SMILES string of the molecule is CSC1=NC(C)(C)C(=S=O)S1. The molecule has 1 rings (SSSR count). The van der Waals surface area contributed by atoms with Crippen LogP contribution in [-0.2, 0) is 11.3 Å². The molecule has 0 aromatic carbocycles.